The van der Waals surface area contributed by atoms with E-state index in [0.29, 0.717) is 36.5 Å². The summed E-state index contributed by atoms with van der Waals surface area (Å²) in [6.07, 6.45) is 5.77. The molecule has 0 bridgehead atoms. The Bertz CT molecular complexity index is 1120. The lowest BCUT2D eigenvalue weighted by Crippen LogP contribution is -2.36. The van der Waals surface area contributed by atoms with E-state index in [-0.39, 0.29) is 29.2 Å². The average molecular weight is 459 g/mol. The Hall–Kier alpha value is -3.04. The highest BCUT2D eigenvalue weighted by Gasteiger charge is 2.23. The van der Waals surface area contributed by atoms with E-state index in [1.165, 1.54) is 18.5 Å². The number of aryl methyl sites for hydroxylation is 1. The third kappa shape index (κ3) is 5.05. The predicted octanol–water partition coefficient (Wildman–Crippen LogP) is 3.53. The summed E-state index contributed by atoms with van der Waals surface area (Å²) in [4.78, 5) is 25.7. The van der Waals surface area contributed by atoms with E-state index in [1.807, 2.05) is 6.92 Å². The molecule has 1 amide bonds. The Labute approximate surface area is 190 Å². The molecule has 1 saturated heterocycles. The number of amides is 1. The van der Waals surface area contributed by atoms with Gasteiger partial charge in [0.1, 0.15) is 23.7 Å². The highest BCUT2D eigenvalue weighted by Crippen LogP contribution is 2.20. The van der Waals surface area contributed by atoms with Crippen molar-refractivity contribution >= 4 is 23.5 Å². The number of halogens is 2. The van der Waals surface area contributed by atoms with Crippen LogP contribution in [0.5, 0.6) is 0 Å². The van der Waals surface area contributed by atoms with Crippen LogP contribution in [0.25, 0.3) is 5.82 Å². The minimum Gasteiger partial charge on any atom is -0.381 e. The number of anilines is 1. The standard InChI is InChI=1S/C22H24ClFN6O2/c1-13-8-26-22(28-18-5-6-32-11-14(18)2)29-20(13)30-10-19(27-12-30)21(31)25-9-15-3-4-16(23)17(24)7-15/h3-4,7-8,10,12,14,18H,5-6,9,11H2,1-2H3,(H,25,31)(H,26,28,29). The molecule has 3 heterocycles. The summed E-state index contributed by atoms with van der Waals surface area (Å²) in [5.74, 6) is 0.610. The first-order valence-corrected chi connectivity index (χ1v) is 10.7. The summed E-state index contributed by atoms with van der Waals surface area (Å²) in [5.41, 5.74) is 1.67. The van der Waals surface area contributed by atoms with Crippen molar-refractivity contribution in [3.05, 3.63) is 64.6 Å². The lowest BCUT2D eigenvalue weighted by Gasteiger charge is -2.29. The minimum atomic E-state index is -0.526. The topological polar surface area (TPSA) is 94.0 Å². The molecule has 10 heteroatoms. The van der Waals surface area contributed by atoms with Gasteiger partial charge in [-0.15, -0.1) is 0 Å². The smallest absolute Gasteiger partial charge is 0.271 e. The Kier molecular flexibility index (Phi) is 6.66. The van der Waals surface area contributed by atoms with Crippen LogP contribution in [0.3, 0.4) is 0 Å². The van der Waals surface area contributed by atoms with Crippen LogP contribution in [-0.2, 0) is 11.3 Å². The zero-order valence-electron chi connectivity index (χ0n) is 17.8. The van der Waals surface area contributed by atoms with Gasteiger partial charge in [0.15, 0.2) is 0 Å². The van der Waals surface area contributed by atoms with Crippen LogP contribution in [0.2, 0.25) is 5.02 Å². The molecule has 1 aromatic carbocycles. The Balaban J connectivity index is 1.45. The summed E-state index contributed by atoms with van der Waals surface area (Å²) in [6.45, 7) is 5.60. The second kappa shape index (κ2) is 9.62. The molecule has 1 fully saturated rings. The van der Waals surface area contributed by atoms with Crippen molar-refractivity contribution < 1.29 is 13.9 Å². The normalized spacial score (nSPS) is 18.4. The lowest BCUT2D eigenvalue weighted by atomic mass is 9.98. The molecule has 32 heavy (non-hydrogen) atoms. The number of ether oxygens (including phenoxy) is 1. The van der Waals surface area contributed by atoms with Crippen molar-refractivity contribution in [1.29, 1.82) is 0 Å². The van der Waals surface area contributed by atoms with Crippen molar-refractivity contribution in [2.45, 2.75) is 32.9 Å². The molecule has 4 rings (SSSR count). The van der Waals surface area contributed by atoms with Crippen LogP contribution in [-0.4, -0.2) is 44.7 Å². The maximum Gasteiger partial charge on any atom is 0.271 e. The van der Waals surface area contributed by atoms with Crippen LogP contribution >= 0.6 is 11.6 Å². The molecule has 1 aliphatic heterocycles. The van der Waals surface area contributed by atoms with Gasteiger partial charge in [0.2, 0.25) is 5.95 Å². The van der Waals surface area contributed by atoms with E-state index in [0.717, 1.165) is 12.0 Å². The zero-order valence-corrected chi connectivity index (χ0v) is 18.6. The number of imidazole rings is 1. The molecule has 0 aliphatic carbocycles. The van der Waals surface area contributed by atoms with Gasteiger partial charge < -0.3 is 15.4 Å². The van der Waals surface area contributed by atoms with Gasteiger partial charge in [-0.25, -0.2) is 14.4 Å². The third-order valence-electron chi connectivity index (χ3n) is 5.40. The van der Waals surface area contributed by atoms with Crippen molar-refractivity contribution in [2.75, 3.05) is 18.5 Å². The Morgan fingerprint density at radius 3 is 3.00 bits per heavy atom. The fraction of sp³-hybridized carbons (Fsp3) is 0.364. The molecule has 2 atom stereocenters. The highest BCUT2D eigenvalue weighted by molar-refractivity contribution is 6.30. The van der Waals surface area contributed by atoms with Gasteiger partial charge in [0, 0.05) is 37.2 Å². The van der Waals surface area contributed by atoms with Gasteiger partial charge in [0.05, 0.1) is 11.6 Å². The van der Waals surface area contributed by atoms with E-state index in [4.69, 9.17) is 16.3 Å². The number of nitrogens with one attached hydrogen (secondary N) is 2. The molecular weight excluding hydrogens is 435 g/mol. The Morgan fingerprint density at radius 2 is 2.22 bits per heavy atom. The van der Waals surface area contributed by atoms with Gasteiger partial charge in [-0.05, 0) is 37.0 Å². The van der Waals surface area contributed by atoms with Crippen molar-refractivity contribution in [3.63, 3.8) is 0 Å². The van der Waals surface area contributed by atoms with Gasteiger partial charge in [-0.1, -0.05) is 24.6 Å². The zero-order chi connectivity index (χ0) is 22.7. The van der Waals surface area contributed by atoms with Crippen LogP contribution in [0, 0.1) is 18.7 Å². The van der Waals surface area contributed by atoms with Gasteiger partial charge in [0.25, 0.3) is 5.91 Å². The molecule has 168 valence electrons. The largest absolute Gasteiger partial charge is 0.381 e. The summed E-state index contributed by atoms with van der Waals surface area (Å²) in [7, 11) is 0. The van der Waals surface area contributed by atoms with Crippen LogP contribution in [0.15, 0.2) is 36.9 Å². The summed E-state index contributed by atoms with van der Waals surface area (Å²) >= 11 is 5.69. The number of carbonyl (C=O) groups is 1. The molecule has 0 saturated carbocycles. The van der Waals surface area contributed by atoms with E-state index in [9.17, 15) is 9.18 Å². The monoisotopic (exact) mass is 458 g/mol. The first-order valence-electron chi connectivity index (χ1n) is 10.3. The second-order valence-corrected chi connectivity index (χ2v) is 8.30. The van der Waals surface area contributed by atoms with Crippen LogP contribution in [0.1, 0.15) is 35.0 Å². The number of hydrogen-bond donors (Lipinski definition) is 2. The van der Waals surface area contributed by atoms with Crippen LogP contribution < -0.4 is 10.6 Å². The van der Waals surface area contributed by atoms with E-state index in [2.05, 4.69) is 32.5 Å². The number of carbonyl (C=O) groups excluding carboxylic acids is 1. The van der Waals surface area contributed by atoms with Crippen LogP contribution in [0.4, 0.5) is 10.3 Å². The molecule has 0 radical (unpaired) electrons. The summed E-state index contributed by atoms with van der Waals surface area (Å²) in [5, 5.41) is 6.16. The van der Waals surface area contributed by atoms with Crippen molar-refractivity contribution in [1.82, 2.24) is 24.8 Å². The number of nitrogens with zero attached hydrogens (tertiary/aromatic N) is 4. The van der Waals surface area contributed by atoms with Crippen molar-refractivity contribution in [2.24, 2.45) is 5.92 Å². The minimum absolute atomic E-state index is 0.0409. The molecular formula is C22H24ClFN6O2. The fourth-order valence-electron chi connectivity index (χ4n) is 3.50. The highest BCUT2D eigenvalue weighted by atomic mass is 35.5. The quantitative estimate of drug-likeness (QED) is 0.587. The predicted molar refractivity (Wildman–Crippen MR) is 118 cm³/mol. The summed E-state index contributed by atoms with van der Waals surface area (Å²) in [6, 6.07) is 4.64. The van der Waals surface area contributed by atoms with E-state index >= 15 is 0 Å². The average Bonchev–Trinajstić information content (AvgIpc) is 3.27. The molecule has 0 spiro atoms. The molecule has 3 aromatic rings. The molecule has 2 N–H and O–H groups in total. The first-order chi connectivity index (χ1) is 15.4. The van der Waals surface area contributed by atoms with Gasteiger partial charge >= 0.3 is 0 Å². The maximum atomic E-state index is 13.6. The SMILES string of the molecule is Cc1cnc(NC2CCOCC2C)nc1-n1cnc(C(=O)NCc2ccc(Cl)c(F)c2)c1. The van der Waals surface area contributed by atoms with Gasteiger partial charge in [-0.2, -0.15) is 4.98 Å². The Morgan fingerprint density at radius 1 is 1.38 bits per heavy atom. The fourth-order valence-corrected chi connectivity index (χ4v) is 3.62. The maximum absolute atomic E-state index is 13.6. The number of rotatable bonds is 6. The number of hydrogen-bond acceptors (Lipinski definition) is 6. The van der Waals surface area contributed by atoms with Crippen molar-refractivity contribution in [3.8, 4) is 5.82 Å². The van der Waals surface area contributed by atoms with Gasteiger partial charge in [-0.3, -0.25) is 9.36 Å². The first kappa shape index (κ1) is 22.2. The molecule has 2 unspecified atom stereocenters. The van der Waals surface area contributed by atoms with E-state index < -0.39 is 5.82 Å². The number of aromatic nitrogens is 4. The lowest BCUT2D eigenvalue weighted by molar-refractivity contribution is 0.0536. The number of benzene rings is 1. The molecule has 8 nitrogen and oxygen atoms in total. The third-order valence-corrected chi connectivity index (χ3v) is 5.70. The summed E-state index contributed by atoms with van der Waals surface area (Å²) < 4.78 is 20.8. The molecule has 2 aromatic heterocycles. The van der Waals surface area contributed by atoms with E-state index in [1.54, 1.807) is 23.0 Å². The second-order valence-electron chi connectivity index (χ2n) is 7.89. The molecule has 1 aliphatic rings.